The number of alkyl halides is 2. The smallest absolute Gasteiger partial charge is 0.387 e. The van der Waals surface area contributed by atoms with Crippen LogP contribution in [0.1, 0.15) is 19.4 Å². The molecular formula is C14H20F2N2O3. The molecule has 1 aromatic carbocycles. The molecule has 2 N–H and O–H groups in total. The van der Waals surface area contributed by atoms with Crippen molar-refractivity contribution in [2.45, 2.75) is 33.0 Å². The summed E-state index contributed by atoms with van der Waals surface area (Å²) in [5, 5.41) is 5.70. The second-order valence-electron chi connectivity index (χ2n) is 4.36. The van der Waals surface area contributed by atoms with E-state index in [4.69, 9.17) is 4.74 Å². The zero-order valence-corrected chi connectivity index (χ0v) is 12.3. The molecule has 0 aliphatic carbocycles. The van der Waals surface area contributed by atoms with Gasteiger partial charge >= 0.3 is 6.61 Å². The van der Waals surface area contributed by atoms with Gasteiger partial charge in [-0.2, -0.15) is 8.78 Å². The van der Waals surface area contributed by atoms with Gasteiger partial charge in [0.2, 0.25) is 5.91 Å². The Morgan fingerprint density at radius 1 is 1.33 bits per heavy atom. The summed E-state index contributed by atoms with van der Waals surface area (Å²) < 4.78 is 34.0. The second-order valence-corrected chi connectivity index (χ2v) is 4.36. The van der Waals surface area contributed by atoms with Crippen LogP contribution in [0.15, 0.2) is 18.2 Å². The van der Waals surface area contributed by atoms with E-state index in [0.717, 1.165) is 0 Å². The first-order valence-corrected chi connectivity index (χ1v) is 6.60. The standard InChI is InChI=1S/C14H20F2N2O3/c1-4-17-13(19)9(2)18-8-10-5-6-11(20-3)12(7-10)21-14(15)16/h5-7,9,14,18H,4,8H2,1-3H3,(H,17,19). The van der Waals surface area contributed by atoms with Gasteiger partial charge in [-0.3, -0.25) is 4.79 Å². The molecule has 1 unspecified atom stereocenters. The highest BCUT2D eigenvalue weighted by Gasteiger charge is 2.13. The Balaban J connectivity index is 2.69. The van der Waals surface area contributed by atoms with Crippen LogP contribution >= 0.6 is 0 Å². The molecule has 5 nitrogen and oxygen atoms in total. The molecule has 0 fully saturated rings. The zero-order chi connectivity index (χ0) is 15.8. The average molecular weight is 302 g/mol. The van der Waals surface area contributed by atoms with Gasteiger partial charge in [0.15, 0.2) is 11.5 Å². The molecule has 0 saturated heterocycles. The van der Waals surface area contributed by atoms with E-state index < -0.39 is 6.61 Å². The van der Waals surface area contributed by atoms with E-state index in [1.165, 1.54) is 13.2 Å². The maximum atomic E-state index is 12.3. The van der Waals surface area contributed by atoms with Gasteiger partial charge in [0.25, 0.3) is 0 Å². The zero-order valence-electron chi connectivity index (χ0n) is 12.3. The largest absolute Gasteiger partial charge is 0.493 e. The summed E-state index contributed by atoms with van der Waals surface area (Å²) in [5.74, 6) is 0.0864. The van der Waals surface area contributed by atoms with Crippen molar-refractivity contribution in [3.8, 4) is 11.5 Å². The van der Waals surface area contributed by atoms with E-state index in [2.05, 4.69) is 15.4 Å². The number of benzene rings is 1. The van der Waals surface area contributed by atoms with Crippen molar-refractivity contribution in [1.29, 1.82) is 0 Å². The van der Waals surface area contributed by atoms with Crippen molar-refractivity contribution in [3.05, 3.63) is 23.8 Å². The molecule has 21 heavy (non-hydrogen) atoms. The lowest BCUT2D eigenvalue weighted by atomic mass is 10.2. The number of methoxy groups -OCH3 is 1. The van der Waals surface area contributed by atoms with E-state index in [0.29, 0.717) is 18.7 Å². The Bertz CT molecular complexity index is 470. The molecule has 0 aliphatic heterocycles. The Hall–Kier alpha value is -1.89. The Kier molecular flexibility index (Phi) is 6.87. The van der Waals surface area contributed by atoms with E-state index in [9.17, 15) is 13.6 Å². The monoisotopic (exact) mass is 302 g/mol. The summed E-state index contributed by atoms with van der Waals surface area (Å²) in [6, 6.07) is 4.34. The highest BCUT2D eigenvalue weighted by molar-refractivity contribution is 5.81. The highest BCUT2D eigenvalue weighted by atomic mass is 19.3. The molecule has 1 rings (SSSR count). The summed E-state index contributed by atoms with van der Waals surface area (Å²) in [4.78, 5) is 11.6. The minimum absolute atomic E-state index is 0.0301. The summed E-state index contributed by atoms with van der Waals surface area (Å²) in [6.45, 7) is 1.55. The third kappa shape index (κ3) is 5.55. The minimum atomic E-state index is -2.92. The van der Waals surface area contributed by atoms with Crippen molar-refractivity contribution < 1.29 is 23.0 Å². The molecule has 0 heterocycles. The Morgan fingerprint density at radius 3 is 2.62 bits per heavy atom. The molecule has 118 valence electrons. The number of likely N-dealkylation sites (N-methyl/N-ethyl adjacent to an activating group) is 1. The summed E-state index contributed by atoms with van der Waals surface area (Å²) in [5.41, 5.74) is 0.711. The fraction of sp³-hybridized carbons (Fsp3) is 0.500. The van der Waals surface area contributed by atoms with Crippen LogP contribution in [0.25, 0.3) is 0 Å². The van der Waals surface area contributed by atoms with Crippen molar-refractivity contribution in [3.63, 3.8) is 0 Å². The SMILES string of the molecule is CCNC(=O)C(C)NCc1ccc(OC)c(OC(F)F)c1. The maximum Gasteiger partial charge on any atom is 0.387 e. The Morgan fingerprint density at radius 2 is 2.05 bits per heavy atom. The van der Waals surface area contributed by atoms with E-state index >= 15 is 0 Å². The quantitative estimate of drug-likeness (QED) is 0.770. The van der Waals surface area contributed by atoms with Gasteiger partial charge in [-0.25, -0.2) is 0 Å². The molecule has 7 heteroatoms. The molecule has 1 aromatic rings. The van der Waals surface area contributed by atoms with Gasteiger partial charge in [0.05, 0.1) is 13.2 Å². The van der Waals surface area contributed by atoms with Gasteiger partial charge in [0, 0.05) is 13.1 Å². The summed E-state index contributed by atoms with van der Waals surface area (Å²) in [6.07, 6.45) is 0. The lowest BCUT2D eigenvalue weighted by Gasteiger charge is -2.15. The first kappa shape index (κ1) is 17.2. The van der Waals surface area contributed by atoms with Crippen LogP contribution in [0.5, 0.6) is 11.5 Å². The van der Waals surface area contributed by atoms with Crippen LogP contribution in [0.4, 0.5) is 8.78 Å². The fourth-order valence-electron chi connectivity index (χ4n) is 1.71. The molecule has 0 spiro atoms. The number of carbonyl (C=O) groups is 1. The molecule has 1 amide bonds. The maximum absolute atomic E-state index is 12.3. The van der Waals surface area contributed by atoms with Crippen molar-refractivity contribution >= 4 is 5.91 Å². The van der Waals surface area contributed by atoms with E-state index in [1.807, 2.05) is 6.92 Å². The minimum Gasteiger partial charge on any atom is -0.493 e. The molecule has 0 bridgehead atoms. The first-order valence-electron chi connectivity index (χ1n) is 6.60. The van der Waals surface area contributed by atoms with Crippen molar-refractivity contribution in [2.75, 3.05) is 13.7 Å². The Labute approximate surface area is 122 Å². The normalized spacial score (nSPS) is 12.1. The number of rotatable bonds is 8. The number of nitrogens with one attached hydrogen (secondary N) is 2. The van der Waals surface area contributed by atoms with E-state index in [1.54, 1.807) is 19.1 Å². The topological polar surface area (TPSA) is 59.6 Å². The number of hydrogen-bond acceptors (Lipinski definition) is 4. The van der Waals surface area contributed by atoms with Crippen LogP contribution < -0.4 is 20.1 Å². The molecule has 1 atom stereocenters. The molecule has 0 aliphatic rings. The number of hydrogen-bond donors (Lipinski definition) is 2. The first-order chi connectivity index (χ1) is 9.97. The van der Waals surface area contributed by atoms with Gasteiger partial charge in [-0.05, 0) is 31.5 Å². The molecule has 0 saturated carbocycles. The van der Waals surface area contributed by atoms with Crippen LogP contribution in [0.2, 0.25) is 0 Å². The third-order valence-corrected chi connectivity index (χ3v) is 2.80. The number of amides is 1. The predicted molar refractivity (Wildman–Crippen MR) is 74.6 cm³/mol. The van der Waals surface area contributed by atoms with Crippen LogP contribution in [0.3, 0.4) is 0 Å². The van der Waals surface area contributed by atoms with Gasteiger partial charge < -0.3 is 20.1 Å². The van der Waals surface area contributed by atoms with Gasteiger partial charge in [0.1, 0.15) is 0 Å². The van der Waals surface area contributed by atoms with Crippen LogP contribution in [0, 0.1) is 0 Å². The number of carbonyl (C=O) groups excluding carboxylic acids is 1. The number of halogens is 2. The highest BCUT2D eigenvalue weighted by Crippen LogP contribution is 2.29. The molecule has 0 radical (unpaired) electrons. The fourth-order valence-corrected chi connectivity index (χ4v) is 1.71. The van der Waals surface area contributed by atoms with Crippen LogP contribution in [-0.4, -0.2) is 32.2 Å². The van der Waals surface area contributed by atoms with Crippen LogP contribution in [-0.2, 0) is 11.3 Å². The van der Waals surface area contributed by atoms with Crippen molar-refractivity contribution in [2.24, 2.45) is 0 Å². The molecular weight excluding hydrogens is 282 g/mol. The lowest BCUT2D eigenvalue weighted by molar-refractivity contribution is -0.122. The molecule has 0 aromatic heterocycles. The second kappa shape index (κ2) is 8.41. The van der Waals surface area contributed by atoms with E-state index in [-0.39, 0.29) is 23.4 Å². The lowest BCUT2D eigenvalue weighted by Crippen LogP contribution is -2.41. The number of ether oxygens (including phenoxy) is 2. The van der Waals surface area contributed by atoms with Gasteiger partial charge in [-0.1, -0.05) is 6.07 Å². The van der Waals surface area contributed by atoms with Gasteiger partial charge in [-0.15, -0.1) is 0 Å². The van der Waals surface area contributed by atoms with Crippen molar-refractivity contribution in [1.82, 2.24) is 10.6 Å². The summed E-state index contributed by atoms with van der Waals surface area (Å²) >= 11 is 0. The predicted octanol–water partition coefficient (Wildman–Crippen LogP) is 1.91. The third-order valence-electron chi connectivity index (χ3n) is 2.80. The summed E-state index contributed by atoms with van der Waals surface area (Å²) in [7, 11) is 1.38. The average Bonchev–Trinajstić information content (AvgIpc) is 2.44.